The van der Waals surface area contributed by atoms with Crippen molar-refractivity contribution in [3.05, 3.63) is 30.0 Å². The lowest BCUT2D eigenvalue weighted by atomic mass is 10.1. The highest BCUT2D eigenvalue weighted by Gasteiger charge is 2.12. The van der Waals surface area contributed by atoms with Crippen molar-refractivity contribution in [1.29, 1.82) is 0 Å². The average molecular weight is 346 g/mol. The molecule has 1 aromatic carbocycles. The summed E-state index contributed by atoms with van der Waals surface area (Å²) in [5, 5.41) is 9.71. The number of ether oxygens (including phenoxy) is 1. The number of hydrogen-bond donors (Lipinski definition) is 2. The first-order valence-corrected chi connectivity index (χ1v) is 8.67. The lowest BCUT2D eigenvalue weighted by Gasteiger charge is -2.24. The number of aliphatic carboxylic acids is 1. The van der Waals surface area contributed by atoms with Gasteiger partial charge in [0.15, 0.2) is 0 Å². The molecule has 0 aliphatic heterocycles. The molecule has 1 aromatic heterocycles. The van der Waals surface area contributed by atoms with Gasteiger partial charge in [-0.05, 0) is 44.5 Å². The van der Waals surface area contributed by atoms with Crippen molar-refractivity contribution < 1.29 is 19.4 Å². The van der Waals surface area contributed by atoms with Crippen LogP contribution in [0.25, 0.3) is 10.9 Å². The van der Waals surface area contributed by atoms with E-state index in [-0.39, 0.29) is 12.8 Å². The Hall–Kier alpha value is -2.34. The SMILES string of the molecule is CCN(CCc1c[nH]c2cc(OC(=O)CCC(=O)O)ccc12)C(C)C. The Bertz CT molecular complexity index is 736. The van der Waals surface area contributed by atoms with Crippen LogP contribution in [0, 0.1) is 0 Å². The number of carboxylic acids is 1. The highest BCUT2D eigenvalue weighted by Crippen LogP contribution is 2.24. The van der Waals surface area contributed by atoms with Crippen LogP contribution in [0.5, 0.6) is 5.75 Å². The number of carbonyl (C=O) groups excluding carboxylic acids is 1. The molecule has 0 radical (unpaired) electrons. The monoisotopic (exact) mass is 346 g/mol. The minimum absolute atomic E-state index is 0.134. The Balaban J connectivity index is 2.02. The maximum absolute atomic E-state index is 11.6. The molecule has 0 atom stereocenters. The molecule has 0 bridgehead atoms. The smallest absolute Gasteiger partial charge is 0.311 e. The molecular weight excluding hydrogens is 320 g/mol. The molecule has 0 aliphatic rings. The van der Waals surface area contributed by atoms with Gasteiger partial charge in [-0.1, -0.05) is 6.92 Å². The summed E-state index contributed by atoms with van der Waals surface area (Å²) in [6, 6.07) is 5.98. The lowest BCUT2D eigenvalue weighted by molar-refractivity contribution is -0.142. The van der Waals surface area contributed by atoms with E-state index in [1.807, 2.05) is 12.3 Å². The maximum atomic E-state index is 11.6. The molecule has 1 heterocycles. The minimum atomic E-state index is -1.01. The number of likely N-dealkylation sites (N-methyl/N-ethyl adjacent to an activating group) is 1. The summed E-state index contributed by atoms with van der Waals surface area (Å²) in [6.07, 6.45) is 2.58. The molecule has 6 nitrogen and oxygen atoms in total. The van der Waals surface area contributed by atoms with Crippen molar-refractivity contribution in [3.63, 3.8) is 0 Å². The van der Waals surface area contributed by atoms with Gasteiger partial charge in [-0.25, -0.2) is 0 Å². The molecule has 0 saturated carbocycles. The summed E-state index contributed by atoms with van der Waals surface area (Å²) in [7, 11) is 0. The topological polar surface area (TPSA) is 82.6 Å². The van der Waals surface area contributed by atoms with E-state index in [1.165, 1.54) is 5.56 Å². The Labute approximate surface area is 147 Å². The number of aromatic nitrogens is 1. The molecule has 2 aromatic rings. The zero-order valence-corrected chi connectivity index (χ0v) is 15.0. The Kier molecular flexibility index (Phi) is 6.58. The van der Waals surface area contributed by atoms with Crippen molar-refractivity contribution >= 4 is 22.8 Å². The summed E-state index contributed by atoms with van der Waals surface area (Å²) < 4.78 is 5.20. The second kappa shape index (κ2) is 8.67. The molecule has 136 valence electrons. The van der Waals surface area contributed by atoms with E-state index in [0.717, 1.165) is 30.4 Å². The average Bonchev–Trinajstić information content (AvgIpc) is 2.95. The number of nitrogens with one attached hydrogen (secondary N) is 1. The summed E-state index contributed by atoms with van der Waals surface area (Å²) >= 11 is 0. The molecular formula is C19H26N2O4. The third kappa shape index (κ3) is 5.32. The van der Waals surface area contributed by atoms with E-state index in [0.29, 0.717) is 11.8 Å². The van der Waals surface area contributed by atoms with E-state index < -0.39 is 11.9 Å². The van der Waals surface area contributed by atoms with Crippen LogP contribution in [-0.2, 0) is 16.0 Å². The van der Waals surface area contributed by atoms with Crippen LogP contribution in [0.3, 0.4) is 0 Å². The fraction of sp³-hybridized carbons (Fsp3) is 0.474. The molecule has 0 spiro atoms. The van der Waals surface area contributed by atoms with Gasteiger partial charge in [-0.2, -0.15) is 0 Å². The fourth-order valence-electron chi connectivity index (χ4n) is 2.87. The van der Waals surface area contributed by atoms with Gasteiger partial charge in [0.25, 0.3) is 0 Å². The normalized spacial score (nSPS) is 11.4. The van der Waals surface area contributed by atoms with E-state index in [4.69, 9.17) is 9.84 Å². The van der Waals surface area contributed by atoms with Crippen LogP contribution in [0.2, 0.25) is 0 Å². The third-order valence-electron chi connectivity index (χ3n) is 4.32. The number of aromatic amines is 1. The number of fused-ring (bicyclic) bond motifs is 1. The number of carboxylic acid groups (broad SMARTS) is 1. The first kappa shape index (κ1) is 19.0. The Morgan fingerprint density at radius 1 is 1.28 bits per heavy atom. The van der Waals surface area contributed by atoms with Crippen molar-refractivity contribution in [2.45, 2.75) is 46.1 Å². The first-order chi connectivity index (χ1) is 11.9. The first-order valence-electron chi connectivity index (χ1n) is 8.67. The van der Waals surface area contributed by atoms with Gasteiger partial charge in [0.05, 0.1) is 12.8 Å². The van der Waals surface area contributed by atoms with Crippen molar-refractivity contribution in [2.24, 2.45) is 0 Å². The van der Waals surface area contributed by atoms with Crippen LogP contribution < -0.4 is 4.74 Å². The number of nitrogens with zero attached hydrogens (tertiary/aromatic N) is 1. The van der Waals surface area contributed by atoms with Crippen LogP contribution >= 0.6 is 0 Å². The standard InChI is InChI=1S/C19H26N2O4/c1-4-21(13(2)3)10-9-14-12-20-17-11-15(5-6-16(14)17)25-19(24)8-7-18(22)23/h5-6,11-13,20H,4,7-10H2,1-3H3,(H,22,23). The van der Waals surface area contributed by atoms with Crippen LogP contribution in [-0.4, -0.2) is 46.1 Å². The second-order valence-corrected chi connectivity index (χ2v) is 6.36. The third-order valence-corrected chi connectivity index (χ3v) is 4.32. The zero-order chi connectivity index (χ0) is 18.4. The number of esters is 1. The second-order valence-electron chi connectivity index (χ2n) is 6.36. The Morgan fingerprint density at radius 2 is 2.04 bits per heavy atom. The molecule has 2 N–H and O–H groups in total. The summed E-state index contributed by atoms with van der Waals surface area (Å²) in [6.45, 7) is 8.58. The van der Waals surface area contributed by atoms with E-state index in [1.54, 1.807) is 12.1 Å². The number of carbonyl (C=O) groups is 2. The predicted octanol–water partition coefficient (Wildman–Crippen LogP) is 3.21. The molecule has 0 unspecified atom stereocenters. The van der Waals surface area contributed by atoms with Gasteiger partial charge >= 0.3 is 11.9 Å². The molecule has 0 saturated heterocycles. The van der Waals surface area contributed by atoms with Gasteiger partial charge in [0, 0.05) is 35.8 Å². The molecule has 25 heavy (non-hydrogen) atoms. The largest absolute Gasteiger partial charge is 0.481 e. The fourth-order valence-corrected chi connectivity index (χ4v) is 2.87. The Morgan fingerprint density at radius 3 is 2.68 bits per heavy atom. The lowest BCUT2D eigenvalue weighted by Crippen LogP contribution is -2.32. The summed E-state index contributed by atoms with van der Waals surface area (Å²) in [5.41, 5.74) is 2.14. The summed E-state index contributed by atoms with van der Waals surface area (Å²) in [5.74, 6) is -1.12. The van der Waals surface area contributed by atoms with E-state index in [2.05, 4.69) is 30.7 Å². The summed E-state index contributed by atoms with van der Waals surface area (Å²) in [4.78, 5) is 27.8. The van der Waals surface area contributed by atoms with Gasteiger partial charge in [-0.15, -0.1) is 0 Å². The van der Waals surface area contributed by atoms with E-state index in [9.17, 15) is 9.59 Å². The van der Waals surface area contributed by atoms with Crippen LogP contribution in [0.15, 0.2) is 24.4 Å². The van der Waals surface area contributed by atoms with Gasteiger partial charge in [0.1, 0.15) is 5.75 Å². The quantitative estimate of drug-likeness (QED) is 0.538. The molecule has 0 aliphatic carbocycles. The highest BCUT2D eigenvalue weighted by molar-refractivity contribution is 5.85. The number of benzene rings is 1. The number of H-pyrrole nitrogens is 1. The number of rotatable bonds is 9. The minimum Gasteiger partial charge on any atom is -0.481 e. The molecule has 6 heteroatoms. The molecule has 0 amide bonds. The van der Waals surface area contributed by atoms with E-state index >= 15 is 0 Å². The van der Waals surface area contributed by atoms with Gasteiger partial charge in [-0.3, -0.25) is 9.59 Å². The van der Waals surface area contributed by atoms with Gasteiger partial charge < -0.3 is 19.7 Å². The maximum Gasteiger partial charge on any atom is 0.311 e. The van der Waals surface area contributed by atoms with Gasteiger partial charge in [0.2, 0.25) is 0 Å². The number of hydrogen-bond acceptors (Lipinski definition) is 4. The van der Waals surface area contributed by atoms with Crippen LogP contribution in [0.1, 0.15) is 39.2 Å². The van der Waals surface area contributed by atoms with Crippen molar-refractivity contribution in [1.82, 2.24) is 9.88 Å². The van der Waals surface area contributed by atoms with Crippen molar-refractivity contribution in [3.8, 4) is 5.75 Å². The predicted molar refractivity (Wildman–Crippen MR) is 96.9 cm³/mol. The highest BCUT2D eigenvalue weighted by atomic mass is 16.5. The van der Waals surface area contributed by atoms with Crippen LogP contribution in [0.4, 0.5) is 0 Å². The zero-order valence-electron chi connectivity index (χ0n) is 15.0. The van der Waals surface area contributed by atoms with Crippen molar-refractivity contribution in [2.75, 3.05) is 13.1 Å². The molecule has 0 fully saturated rings. The molecule has 2 rings (SSSR count).